The molecule has 1 N–H and O–H groups in total. The second-order valence-corrected chi connectivity index (χ2v) is 7.92. The summed E-state index contributed by atoms with van der Waals surface area (Å²) in [6.07, 6.45) is 3.75. The quantitative estimate of drug-likeness (QED) is 0.569. The average Bonchev–Trinajstić information content (AvgIpc) is 3.40. The van der Waals surface area contributed by atoms with Crippen molar-refractivity contribution in [3.05, 3.63) is 65.9 Å². The first-order valence-electron chi connectivity index (χ1n) is 10.3. The molecule has 0 saturated carbocycles. The molecule has 1 unspecified atom stereocenters. The molecule has 1 amide bonds. The number of rotatable bonds is 3. The molecule has 1 aliphatic rings. The monoisotopic (exact) mass is 400 g/mol. The number of benzene rings is 2. The number of carbonyl (C=O) groups is 1. The molecule has 3 heterocycles. The second kappa shape index (κ2) is 7.40. The summed E-state index contributed by atoms with van der Waals surface area (Å²) in [7, 11) is 1.93. The van der Waals surface area contributed by atoms with Crippen molar-refractivity contribution >= 4 is 16.7 Å². The second-order valence-electron chi connectivity index (χ2n) is 7.92. The van der Waals surface area contributed by atoms with Crippen LogP contribution in [0.1, 0.15) is 40.8 Å². The standard InChI is InChI=1S/C23H24N6O/c1-15-25-22(27-26-15)16-6-5-13-29(14-16)23(30)20-10-4-7-17-18(20)8-3-9-19(17)21-11-12-24-28(21)2/h3-4,7-12,16H,5-6,13-14H2,1-2H3,(H,25,26,27). The summed E-state index contributed by atoms with van der Waals surface area (Å²) in [4.78, 5) is 20.0. The molecule has 1 atom stereocenters. The van der Waals surface area contributed by atoms with E-state index in [1.165, 1.54) is 0 Å². The molecule has 1 fully saturated rings. The summed E-state index contributed by atoms with van der Waals surface area (Å²) in [5, 5.41) is 13.6. The van der Waals surface area contributed by atoms with Crippen LogP contribution in [0.5, 0.6) is 0 Å². The van der Waals surface area contributed by atoms with Crippen LogP contribution < -0.4 is 0 Å². The third-order valence-corrected chi connectivity index (χ3v) is 5.94. The normalized spacial score (nSPS) is 16.9. The van der Waals surface area contributed by atoms with Gasteiger partial charge in [0.25, 0.3) is 5.91 Å². The average molecular weight is 400 g/mol. The topological polar surface area (TPSA) is 79.7 Å². The molecule has 1 aliphatic heterocycles. The minimum atomic E-state index is 0.0692. The van der Waals surface area contributed by atoms with Gasteiger partial charge in [-0.2, -0.15) is 10.2 Å². The van der Waals surface area contributed by atoms with Crippen LogP contribution in [0.15, 0.2) is 48.7 Å². The van der Waals surface area contributed by atoms with Crippen molar-refractivity contribution in [2.75, 3.05) is 13.1 Å². The minimum Gasteiger partial charge on any atom is -0.338 e. The summed E-state index contributed by atoms with van der Waals surface area (Å²) in [5.74, 6) is 1.86. The molecule has 7 nitrogen and oxygen atoms in total. The van der Waals surface area contributed by atoms with Crippen LogP contribution in [0.4, 0.5) is 0 Å². The number of likely N-dealkylation sites (tertiary alicyclic amines) is 1. The fourth-order valence-corrected chi connectivity index (χ4v) is 4.44. The number of amides is 1. The SMILES string of the molecule is Cc1nc(C2CCCN(C(=O)c3cccc4c(-c5ccnn5C)cccc34)C2)n[nH]1. The first-order chi connectivity index (χ1) is 14.6. The number of nitrogens with one attached hydrogen (secondary N) is 1. The van der Waals surface area contributed by atoms with Gasteiger partial charge in [-0.3, -0.25) is 14.6 Å². The van der Waals surface area contributed by atoms with Gasteiger partial charge in [0.15, 0.2) is 5.82 Å². The van der Waals surface area contributed by atoms with E-state index in [9.17, 15) is 4.79 Å². The van der Waals surface area contributed by atoms with Crippen molar-refractivity contribution in [2.24, 2.45) is 7.05 Å². The zero-order valence-electron chi connectivity index (χ0n) is 17.2. The first kappa shape index (κ1) is 18.5. The van der Waals surface area contributed by atoms with E-state index in [2.05, 4.69) is 32.4 Å². The lowest BCUT2D eigenvalue weighted by Gasteiger charge is -2.31. The lowest BCUT2D eigenvalue weighted by atomic mass is 9.94. The number of nitrogens with zero attached hydrogens (tertiary/aromatic N) is 5. The van der Waals surface area contributed by atoms with Gasteiger partial charge in [0.05, 0.1) is 5.69 Å². The molecule has 4 aromatic rings. The maximum atomic E-state index is 13.5. The number of aromatic amines is 1. The number of hydrogen-bond acceptors (Lipinski definition) is 4. The molecule has 0 bridgehead atoms. The molecule has 0 aliphatic carbocycles. The van der Waals surface area contributed by atoms with Crippen molar-refractivity contribution in [1.82, 2.24) is 29.9 Å². The lowest BCUT2D eigenvalue weighted by Crippen LogP contribution is -2.39. The van der Waals surface area contributed by atoms with Crippen LogP contribution in [0.25, 0.3) is 22.0 Å². The van der Waals surface area contributed by atoms with Crippen LogP contribution >= 0.6 is 0 Å². The summed E-state index contributed by atoms with van der Waals surface area (Å²) >= 11 is 0. The Balaban J connectivity index is 1.50. The summed E-state index contributed by atoms with van der Waals surface area (Å²) in [6, 6.07) is 14.1. The first-order valence-corrected chi connectivity index (χ1v) is 10.3. The highest BCUT2D eigenvalue weighted by atomic mass is 16.2. The van der Waals surface area contributed by atoms with Crippen LogP contribution in [0, 0.1) is 6.92 Å². The third-order valence-electron chi connectivity index (χ3n) is 5.94. The van der Waals surface area contributed by atoms with Crippen LogP contribution in [0.2, 0.25) is 0 Å². The van der Waals surface area contributed by atoms with Gasteiger partial charge in [0.1, 0.15) is 5.82 Å². The fourth-order valence-electron chi connectivity index (χ4n) is 4.44. The van der Waals surface area contributed by atoms with E-state index in [1.54, 1.807) is 6.20 Å². The van der Waals surface area contributed by atoms with Crippen LogP contribution in [-0.2, 0) is 7.05 Å². The summed E-state index contributed by atoms with van der Waals surface area (Å²) in [5.41, 5.74) is 2.85. The Labute approximate surface area is 174 Å². The van der Waals surface area contributed by atoms with Gasteiger partial charge < -0.3 is 4.90 Å². The zero-order chi connectivity index (χ0) is 20.7. The van der Waals surface area contributed by atoms with E-state index in [-0.39, 0.29) is 11.8 Å². The van der Waals surface area contributed by atoms with Crippen molar-refractivity contribution in [2.45, 2.75) is 25.7 Å². The van der Waals surface area contributed by atoms with Gasteiger partial charge in [0.2, 0.25) is 0 Å². The maximum Gasteiger partial charge on any atom is 0.254 e. The minimum absolute atomic E-state index is 0.0692. The van der Waals surface area contributed by atoms with Crippen molar-refractivity contribution in [1.29, 1.82) is 0 Å². The molecule has 2 aromatic heterocycles. The molecule has 152 valence electrons. The number of carbonyl (C=O) groups excluding carboxylic acids is 1. The molecule has 0 radical (unpaired) electrons. The van der Waals surface area contributed by atoms with E-state index in [0.29, 0.717) is 6.54 Å². The number of H-pyrrole nitrogens is 1. The molecule has 30 heavy (non-hydrogen) atoms. The predicted octanol–water partition coefficient (Wildman–Crippen LogP) is 3.69. The highest BCUT2D eigenvalue weighted by Crippen LogP contribution is 2.32. The van der Waals surface area contributed by atoms with Crippen molar-refractivity contribution in [3.8, 4) is 11.3 Å². The maximum absolute atomic E-state index is 13.5. The third kappa shape index (κ3) is 3.16. The van der Waals surface area contributed by atoms with E-state index in [4.69, 9.17) is 0 Å². The Bertz CT molecular complexity index is 1220. The summed E-state index contributed by atoms with van der Waals surface area (Å²) < 4.78 is 1.86. The predicted molar refractivity (Wildman–Crippen MR) is 115 cm³/mol. The zero-order valence-corrected chi connectivity index (χ0v) is 17.2. The van der Waals surface area contributed by atoms with Crippen LogP contribution in [0.3, 0.4) is 0 Å². The number of hydrogen-bond donors (Lipinski definition) is 1. The van der Waals surface area contributed by atoms with Crippen molar-refractivity contribution < 1.29 is 4.79 Å². The highest BCUT2D eigenvalue weighted by molar-refractivity contribution is 6.10. The van der Waals surface area contributed by atoms with E-state index in [0.717, 1.165) is 58.6 Å². The largest absolute Gasteiger partial charge is 0.338 e. The Morgan fingerprint density at radius 2 is 1.97 bits per heavy atom. The van der Waals surface area contributed by atoms with Crippen molar-refractivity contribution in [3.63, 3.8) is 0 Å². The molecule has 2 aromatic carbocycles. The molecular formula is C23H24N6O. The fraction of sp³-hybridized carbons (Fsp3) is 0.304. The Morgan fingerprint density at radius 1 is 1.13 bits per heavy atom. The molecule has 0 spiro atoms. The van der Waals surface area contributed by atoms with Gasteiger partial charge in [-0.1, -0.05) is 30.3 Å². The number of aromatic nitrogens is 5. The molecular weight excluding hydrogens is 376 g/mol. The van der Waals surface area contributed by atoms with Gasteiger partial charge in [-0.05, 0) is 42.7 Å². The molecule has 7 heteroatoms. The van der Waals surface area contributed by atoms with E-state index < -0.39 is 0 Å². The molecule has 1 saturated heterocycles. The van der Waals surface area contributed by atoms with Crippen LogP contribution in [-0.4, -0.2) is 48.9 Å². The summed E-state index contributed by atoms with van der Waals surface area (Å²) in [6.45, 7) is 3.31. The van der Waals surface area contributed by atoms with Gasteiger partial charge in [0, 0.05) is 43.4 Å². The van der Waals surface area contributed by atoms with Gasteiger partial charge in [-0.25, -0.2) is 4.98 Å². The smallest absolute Gasteiger partial charge is 0.254 e. The Morgan fingerprint density at radius 3 is 2.73 bits per heavy atom. The lowest BCUT2D eigenvalue weighted by molar-refractivity contribution is 0.0706. The van der Waals surface area contributed by atoms with Gasteiger partial charge >= 0.3 is 0 Å². The number of fused-ring (bicyclic) bond motifs is 1. The Kier molecular flexibility index (Phi) is 4.58. The van der Waals surface area contributed by atoms with E-state index >= 15 is 0 Å². The number of piperidine rings is 1. The highest BCUT2D eigenvalue weighted by Gasteiger charge is 2.28. The molecule has 5 rings (SSSR count). The Hall–Kier alpha value is -3.48. The van der Waals surface area contributed by atoms with E-state index in [1.807, 2.05) is 53.9 Å². The number of aryl methyl sites for hydroxylation is 2. The van der Waals surface area contributed by atoms with Gasteiger partial charge in [-0.15, -0.1) is 0 Å².